The third-order valence-corrected chi connectivity index (χ3v) is 10.1. The van der Waals surface area contributed by atoms with E-state index in [-0.39, 0.29) is 23.3 Å². The Labute approximate surface area is 233 Å². The van der Waals surface area contributed by atoms with Crippen LogP contribution in [0.4, 0.5) is 5.82 Å². The lowest BCUT2D eigenvalue weighted by Crippen LogP contribution is -2.51. The molecule has 2 fully saturated rings. The summed E-state index contributed by atoms with van der Waals surface area (Å²) in [5.74, 6) is 0.774. The molecule has 9 nitrogen and oxygen atoms in total. The molecular formula is C28H36N4O5S2. The number of carbonyl (C=O) groups is 1. The molecule has 2 saturated heterocycles. The van der Waals surface area contributed by atoms with Crippen LogP contribution in [-0.2, 0) is 37.3 Å². The van der Waals surface area contributed by atoms with Crippen molar-refractivity contribution in [2.75, 3.05) is 32.0 Å². The van der Waals surface area contributed by atoms with Crippen LogP contribution < -0.4 is 10.5 Å². The molecule has 0 spiro atoms. The van der Waals surface area contributed by atoms with Crippen LogP contribution in [0.15, 0.2) is 47.5 Å². The molecule has 1 aromatic carbocycles. The first-order chi connectivity index (χ1) is 18.8. The first-order valence-corrected chi connectivity index (χ1v) is 15.8. The van der Waals surface area contributed by atoms with Crippen molar-refractivity contribution in [2.24, 2.45) is 5.92 Å². The summed E-state index contributed by atoms with van der Waals surface area (Å²) in [4.78, 5) is 20.6. The minimum absolute atomic E-state index is 0.118. The van der Waals surface area contributed by atoms with Gasteiger partial charge in [0.05, 0.1) is 17.6 Å². The fourth-order valence-corrected chi connectivity index (χ4v) is 7.34. The van der Waals surface area contributed by atoms with Gasteiger partial charge in [-0.3, -0.25) is 4.79 Å². The van der Waals surface area contributed by atoms with E-state index in [9.17, 15) is 13.2 Å². The first-order valence-electron chi connectivity index (χ1n) is 13.5. The number of aromatic nitrogens is 1. The molecule has 5 rings (SSSR count). The van der Waals surface area contributed by atoms with Gasteiger partial charge in [0.15, 0.2) is 0 Å². The number of nitrogen functional groups attached to an aromatic ring is 1. The van der Waals surface area contributed by atoms with E-state index < -0.39 is 16.1 Å². The second-order valence-electron chi connectivity index (χ2n) is 10.5. The number of anilines is 1. The number of fused-ring (bicyclic) bond motifs is 1. The lowest BCUT2D eigenvalue weighted by molar-refractivity contribution is -0.134. The van der Waals surface area contributed by atoms with Crippen LogP contribution in [0.1, 0.15) is 43.0 Å². The van der Waals surface area contributed by atoms with Crippen LogP contribution >= 0.6 is 11.3 Å². The Morgan fingerprint density at radius 1 is 1.18 bits per heavy atom. The van der Waals surface area contributed by atoms with Crippen LogP contribution in [0.25, 0.3) is 10.1 Å². The van der Waals surface area contributed by atoms with Crippen LogP contribution in [0.3, 0.4) is 0 Å². The molecule has 2 aromatic heterocycles. The Kier molecular flexibility index (Phi) is 8.82. The number of sulfonamides is 1. The van der Waals surface area contributed by atoms with Crippen molar-refractivity contribution in [3.05, 3.63) is 53.0 Å². The number of likely N-dealkylation sites (tertiary alicyclic amines) is 1. The van der Waals surface area contributed by atoms with Gasteiger partial charge in [0, 0.05) is 53.9 Å². The number of carbonyl (C=O) groups excluding carboxylic acids is 1. The molecule has 1 atom stereocenters. The number of benzene rings is 1. The van der Waals surface area contributed by atoms with Crippen LogP contribution in [0.5, 0.6) is 0 Å². The van der Waals surface area contributed by atoms with Crippen molar-refractivity contribution in [3.8, 4) is 0 Å². The fourth-order valence-electron chi connectivity index (χ4n) is 5.04. The molecule has 4 heterocycles. The second-order valence-corrected chi connectivity index (χ2v) is 13.4. The summed E-state index contributed by atoms with van der Waals surface area (Å²) in [6.07, 6.45) is 5.60. The maximum atomic E-state index is 13.6. The fraction of sp³-hybridized carbons (Fsp3) is 0.500. The molecule has 3 aromatic rings. The Morgan fingerprint density at radius 2 is 1.90 bits per heavy atom. The van der Waals surface area contributed by atoms with Gasteiger partial charge in [-0.05, 0) is 61.4 Å². The predicted molar refractivity (Wildman–Crippen MR) is 152 cm³/mol. The molecular weight excluding hydrogens is 536 g/mol. The molecule has 2 aliphatic rings. The van der Waals surface area contributed by atoms with Gasteiger partial charge in [-0.15, -0.1) is 11.3 Å². The molecule has 0 aliphatic carbocycles. The zero-order valence-electron chi connectivity index (χ0n) is 22.2. The number of ether oxygens (including phenoxy) is 2. The highest BCUT2D eigenvalue weighted by molar-refractivity contribution is 7.89. The van der Waals surface area contributed by atoms with E-state index in [1.807, 2.05) is 12.1 Å². The standard InChI is InChI=1S/C28H36N4O5S2/c1-19-7-12-32(13-8-19)28(33)25(17-22-16-24-26(38-22)6-11-30-27(24)29)31-39(34,35)23-4-2-20(3-5-23)18-37-21-9-14-36-15-10-21/h2-6,11,16,19,21,25,31H,7-10,12-15,17-18H2,1H3,(H2,29,30). The molecule has 2 aliphatic heterocycles. The molecule has 0 radical (unpaired) electrons. The molecule has 1 unspecified atom stereocenters. The van der Waals surface area contributed by atoms with Gasteiger partial charge in [0.1, 0.15) is 11.9 Å². The van der Waals surface area contributed by atoms with E-state index in [1.54, 1.807) is 35.4 Å². The quantitative estimate of drug-likeness (QED) is 0.401. The Morgan fingerprint density at radius 3 is 2.59 bits per heavy atom. The number of hydrogen-bond acceptors (Lipinski definition) is 8. The van der Waals surface area contributed by atoms with Gasteiger partial charge < -0.3 is 20.1 Å². The predicted octanol–water partition coefficient (Wildman–Crippen LogP) is 3.72. The van der Waals surface area contributed by atoms with Gasteiger partial charge in [0.2, 0.25) is 15.9 Å². The minimum Gasteiger partial charge on any atom is -0.383 e. The van der Waals surface area contributed by atoms with Crippen LogP contribution in [0.2, 0.25) is 0 Å². The molecule has 0 saturated carbocycles. The molecule has 3 N–H and O–H groups in total. The Balaban J connectivity index is 1.32. The number of pyridine rings is 1. The van der Waals surface area contributed by atoms with Crippen LogP contribution in [-0.4, -0.2) is 62.7 Å². The number of amides is 1. The van der Waals surface area contributed by atoms with Crippen molar-refractivity contribution in [1.29, 1.82) is 0 Å². The van der Waals surface area contributed by atoms with Crippen molar-refractivity contribution < 1.29 is 22.7 Å². The summed E-state index contributed by atoms with van der Waals surface area (Å²) in [6.45, 7) is 5.25. The van der Waals surface area contributed by atoms with Gasteiger partial charge >= 0.3 is 0 Å². The third-order valence-electron chi connectivity index (χ3n) is 7.51. The molecule has 39 heavy (non-hydrogen) atoms. The molecule has 1 amide bonds. The van der Waals surface area contributed by atoms with E-state index in [0.29, 0.717) is 44.6 Å². The van der Waals surface area contributed by atoms with E-state index in [2.05, 4.69) is 16.6 Å². The average molecular weight is 573 g/mol. The number of piperidine rings is 1. The molecule has 210 valence electrons. The number of rotatable bonds is 9. The minimum atomic E-state index is -3.95. The smallest absolute Gasteiger partial charge is 0.241 e. The summed E-state index contributed by atoms with van der Waals surface area (Å²) in [5, 5.41) is 0.817. The van der Waals surface area contributed by atoms with Crippen LogP contribution in [0, 0.1) is 5.92 Å². The topological polar surface area (TPSA) is 124 Å². The second kappa shape index (κ2) is 12.3. The Bertz CT molecular complexity index is 1380. The summed E-state index contributed by atoms with van der Waals surface area (Å²) in [5.41, 5.74) is 6.93. The van der Waals surface area contributed by atoms with E-state index in [4.69, 9.17) is 15.2 Å². The highest BCUT2D eigenvalue weighted by Crippen LogP contribution is 2.30. The number of nitrogens with zero attached hydrogens (tertiary/aromatic N) is 2. The van der Waals surface area contributed by atoms with E-state index >= 15 is 0 Å². The zero-order valence-corrected chi connectivity index (χ0v) is 23.8. The normalized spacial score (nSPS) is 18.4. The monoisotopic (exact) mass is 572 g/mol. The lowest BCUT2D eigenvalue weighted by Gasteiger charge is -2.33. The van der Waals surface area contributed by atoms with E-state index in [0.717, 1.165) is 46.2 Å². The number of nitrogens with two attached hydrogens (primary N) is 1. The summed E-state index contributed by atoms with van der Waals surface area (Å²) in [6, 6.07) is 9.52. The largest absolute Gasteiger partial charge is 0.383 e. The van der Waals surface area contributed by atoms with Crippen molar-refractivity contribution in [1.82, 2.24) is 14.6 Å². The Hall–Kier alpha value is -2.57. The van der Waals surface area contributed by atoms with Gasteiger partial charge in [-0.25, -0.2) is 13.4 Å². The highest BCUT2D eigenvalue weighted by atomic mass is 32.2. The average Bonchev–Trinajstić information content (AvgIpc) is 3.36. The number of hydrogen-bond donors (Lipinski definition) is 2. The van der Waals surface area contributed by atoms with Gasteiger partial charge in [-0.2, -0.15) is 4.72 Å². The number of nitrogens with one attached hydrogen (secondary N) is 1. The van der Waals surface area contributed by atoms with Crippen molar-refractivity contribution >= 4 is 43.2 Å². The van der Waals surface area contributed by atoms with E-state index in [1.165, 1.54) is 11.3 Å². The highest BCUT2D eigenvalue weighted by Gasteiger charge is 2.32. The first kappa shape index (κ1) is 28.0. The SMILES string of the molecule is CC1CCN(C(=O)C(Cc2cc3c(N)nccc3s2)NS(=O)(=O)c2ccc(COC3CCOCC3)cc2)CC1. The molecule has 11 heteroatoms. The zero-order chi connectivity index (χ0) is 27.4. The summed E-state index contributed by atoms with van der Waals surface area (Å²) in [7, 11) is -3.95. The van der Waals surface area contributed by atoms with Gasteiger partial charge in [-0.1, -0.05) is 19.1 Å². The van der Waals surface area contributed by atoms with Crippen molar-refractivity contribution in [2.45, 2.75) is 62.7 Å². The summed E-state index contributed by atoms with van der Waals surface area (Å²) < 4.78 is 41.9. The molecule has 0 bridgehead atoms. The van der Waals surface area contributed by atoms with Crippen molar-refractivity contribution in [3.63, 3.8) is 0 Å². The lowest BCUT2D eigenvalue weighted by atomic mass is 9.98. The summed E-state index contributed by atoms with van der Waals surface area (Å²) >= 11 is 1.50. The number of thiophene rings is 1. The maximum Gasteiger partial charge on any atom is 0.241 e. The van der Waals surface area contributed by atoms with Gasteiger partial charge in [0.25, 0.3) is 0 Å². The third kappa shape index (κ3) is 6.96. The maximum absolute atomic E-state index is 13.6.